The van der Waals surface area contributed by atoms with Crippen LogP contribution in [0.3, 0.4) is 0 Å². The molecule has 68 valence electrons. The zero-order valence-electron chi connectivity index (χ0n) is 7.14. The molecule has 0 radical (unpaired) electrons. The fourth-order valence-corrected chi connectivity index (χ4v) is 2.11. The summed E-state index contributed by atoms with van der Waals surface area (Å²) in [6.07, 6.45) is 5.13. The van der Waals surface area contributed by atoms with Gasteiger partial charge in [0, 0.05) is 18.6 Å². The number of fused-ring (bicyclic) bond motifs is 2. The fourth-order valence-electron chi connectivity index (χ4n) is 1.27. The minimum atomic E-state index is 0.804. The van der Waals surface area contributed by atoms with Gasteiger partial charge in [0.05, 0.1) is 5.69 Å². The third-order valence-corrected chi connectivity index (χ3v) is 2.89. The summed E-state index contributed by atoms with van der Waals surface area (Å²) in [4.78, 5) is 12.7. The molecule has 1 aliphatic rings. The standard InChI is InChI=1S/C9H6N4S/c1-2-6-8(11-3-1)14-9-7(13-6)10-4-5-12-9/h1-5H,(H,10,13). The van der Waals surface area contributed by atoms with Crippen molar-refractivity contribution < 1.29 is 0 Å². The summed E-state index contributed by atoms with van der Waals surface area (Å²) in [6, 6.07) is 3.88. The highest BCUT2D eigenvalue weighted by molar-refractivity contribution is 7.99. The van der Waals surface area contributed by atoms with Crippen molar-refractivity contribution in [2.24, 2.45) is 0 Å². The predicted molar refractivity (Wildman–Crippen MR) is 53.7 cm³/mol. The molecule has 0 aromatic carbocycles. The molecule has 3 heterocycles. The van der Waals surface area contributed by atoms with Crippen LogP contribution < -0.4 is 5.32 Å². The molecular formula is C9H6N4S. The van der Waals surface area contributed by atoms with E-state index in [0.29, 0.717) is 0 Å². The van der Waals surface area contributed by atoms with Gasteiger partial charge in [0.1, 0.15) is 10.1 Å². The number of aromatic nitrogens is 3. The summed E-state index contributed by atoms with van der Waals surface area (Å²) in [5.74, 6) is 0.804. The first-order chi connectivity index (χ1) is 6.93. The molecule has 2 aromatic heterocycles. The molecule has 2 aromatic rings. The molecule has 1 N–H and O–H groups in total. The normalized spacial score (nSPS) is 12.6. The molecule has 0 bridgehead atoms. The SMILES string of the molecule is c1cnc2c(c1)Nc1nccnc1S2. The van der Waals surface area contributed by atoms with E-state index in [1.54, 1.807) is 18.6 Å². The maximum absolute atomic E-state index is 4.25. The van der Waals surface area contributed by atoms with Gasteiger partial charge in [0.2, 0.25) is 0 Å². The van der Waals surface area contributed by atoms with Gasteiger partial charge in [0.25, 0.3) is 0 Å². The Kier molecular flexibility index (Phi) is 1.63. The first kappa shape index (κ1) is 7.75. The van der Waals surface area contributed by atoms with Gasteiger partial charge in [-0.15, -0.1) is 0 Å². The van der Waals surface area contributed by atoms with Gasteiger partial charge in [-0.25, -0.2) is 15.0 Å². The smallest absolute Gasteiger partial charge is 0.163 e. The van der Waals surface area contributed by atoms with Crippen LogP contribution in [0.2, 0.25) is 0 Å². The van der Waals surface area contributed by atoms with Crippen LogP contribution in [0, 0.1) is 0 Å². The monoisotopic (exact) mass is 202 g/mol. The molecule has 1 aliphatic heterocycles. The van der Waals surface area contributed by atoms with E-state index in [1.165, 1.54) is 11.8 Å². The van der Waals surface area contributed by atoms with Crippen molar-refractivity contribution in [3.05, 3.63) is 30.7 Å². The van der Waals surface area contributed by atoms with Crippen molar-refractivity contribution >= 4 is 23.3 Å². The van der Waals surface area contributed by atoms with Crippen molar-refractivity contribution in [3.8, 4) is 0 Å². The number of rotatable bonds is 0. The lowest BCUT2D eigenvalue weighted by Gasteiger charge is -2.16. The molecule has 0 fully saturated rings. The predicted octanol–water partition coefficient (Wildman–Crippen LogP) is 2.08. The van der Waals surface area contributed by atoms with Crippen LogP contribution >= 0.6 is 11.8 Å². The summed E-state index contributed by atoms with van der Waals surface area (Å²) in [5, 5.41) is 5.00. The van der Waals surface area contributed by atoms with E-state index in [1.807, 2.05) is 12.1 Å². The molecule has 0 atom stereocenters. The molecule has 4 nitrogen and oxygen atoms in total. The highest BCUT2D eigenvalue weighted by Crippen LogP contribution is 2.39. The third kappa shape index (κ3) is 1.13. The maximum atomic E-state index is 4.25. The van der Waals surface area contributed by atoms with E-state index in [2.05, 4.69) is 20.3 Å². The van der Waals surface area contributed by atoms with Crippen molar-refractivity contribution in [1.82, 2.24) is 15.0 Å². The van der Waals surface area contributed by atoms with E-state index in [-0.39, 0.29) is 0 Å². The lowest BCUT2D eigenvalue weighted by atomic mass is 10.4. The molecule has 0 saturated heterocycles. The molecule has 0 saturated carbocycles. The number of anilines is 2. The average molecular weight is 202 g/mol. The average Bonchev–Trinajstić information content (AvgIpc) is 2.26. The van der Waals surface area contributed by atoms with Gasteiger partial charge >= 0.3 is 0 Å². The Morgan fingerprint density at radius 2 is 1.86 bits per heavy atom. The molecule has 3 rings (SSSR count). The Labute approximate surface area is 84.8 Å². The van der Waals surface area contributed by atoms with E-state index in [0.717, 1.165) is 21.6 Å². The molecule has 0 spiro atoms. The van der Waals surface area contributed by atoms with E-state index < -0.39 is 0 Å². The first-order valence-electron chi connectivity index (χ1n) is 4.14. The molecule has 14 heavy (non-hydrogen) atoms. The second-order valence-corrected chi connectivity index (χ2v) is 3.77. The first-order valence-corrected chi connectivity index (χ1v) is 4.96. The second kappa shape index (κ2) is 2.95. The van der Waals surface area contributed by atoms with E-state index in [4.69, 9.17) is 0 Å². The van der Waals surface area contributed by atoms with Gasteiger partial charge in [-0.2, -0.15) is 0 Å². The largest absolute Gasteiger partial charge is 0.336 e. The van der Waals surface area contributed by atoms with Gasteiger partial charge in [-0.3, -0.25) is 0 Å². The van der Waals surface area contributed by atoms with Crippen molar-refractivity contribution in [1.29, 1.82) is 0 Å². The van der Waals surface area contributed by atoms with Gasteiger partial charge in [0.15, 0.2) is 5.82 Å². The Morgan fingerprint density at radius 1 is 1.00 bits per heavy atom. The topological polar surface area (TPSA) is 50.7 Å². The maximum Gasteiger partial charge on any atom is 0.163 e. The lowest BCUT2D eigenvalue weighted by molar-refractivity contribution is 1.02. The zero-order valence-corrected chi connectivity index (χ0v) is 7.95. The summed E-state index contributed by atoms with van der Waals surface area (Å²) in [6.45, 7) is 0. The van der Waals surface area contributed by atoms with Crippen molar-refractivity contribution in [2.75, 3.05) is 5.32 Å². The van der Waals surface area contributed by atoms with Crippen LogP contribution in [0.5, 0.6) is 0 Å². The minimum absolute atomic E-state index is 0.804. The number of nitrogens with zero attached hydrogens (tertiary/aromatic N) is 3. The van der Waals surface area contributed by atoms with E-state index >= 15 is 0 Å². The zero-order chi connectivity index (χ0) is 9.38. The van der Waals surface area contributed by atoms with Crippen LogP contribution in [0.4, 0.5) is 11.5 Å². The Morgan fingerprint density at radius 3 is 2.86 bits per heavy atom. The fraction of sp³-hybridized carbons (Fsp3) is 0. The molecule has 5 heteroatoms. The number of pyridine rings is 1. The Hall–Kier alpha value is -1.62. The van der Waals surface area contributed by atoms with Crippen molar-refractivity contribution in [2.45, 2.75) is 10.1 Å². The summed E-state index contributed by atoms with van der Waals surface area (Å²) < 4.78 is 0. The molecule has 0 unspecified atom stereocenters. The lowest BCUT2D eigenvalue weighted by Crippen LogP contribution is -2.03. The molecule has 0 aliphatic carbocycles. The van der Waals surface area contributed by atoms with Gasteiger partial charge < -0.3 is 5.32 Å². The van der Waals surface area contributed by atoms with Crippen LogP contribution in [0.1, 0.15) is 0 Å². The quantitative estimate of drug-likeness (QED) is 0.604. The van der Waals surface area contributed by atoms with Crippen LogP contribution in [0.25, 0.3) is 0 Å². The summed E-state index contributed by atoms with van der Waals surface area (Å²) >= 11 is 1.54. The van der Waals surface area contributed by atoms with Crippen LogP contribution in [-0.4, -0.2) is 15.0 Å². The Balaban J connectivity index is 2.12. The minimum Gasteiger partial charge on any atom is -0.336 e. The van der Waals surface area contributed by atoms with Gasteiger partial charge in [-0.1, -0.05) is 0 Å². The number of hydrogen-bond donors (Lipinski definition) is 1. The van der Waals surface area contributed by atoms with Crippen molar-refractivity contribution in [3.63, 3.8) is 0 Å². The van der Waals surface area contributed by atoms with Crippen LogP contribution in [0.15, 0.2) is 40.8 Å². The highest BCUT2D eigenvalue weighted by Gasteiger charge is 2.17. The Bertz CT molecular complexity index is 398. The molecule has 0 amide bonds. The number of hydrogen-bond acceptors (Lipinski definition) is 5. The summed E-state index contributed by atoms with van der Waals surface area (Å²) in [7, 11) is 0. The molecular weight excluding hydrogens is 196 g/mol. The summed E-state index contributed by atoms with van der Waals surface area (Å²) in [5.41, 5.74) is 0.991. The van der Waals surface area contributed by atoms with E-state index in [9.17, 15) is 0 Å². The highest BCUT2D eigenvalue weighted by atomic mass is 32.2. The third-order valence-electron chi connectivity index (χ3n) is 1.88. The van der Waals surface area contributed by atoms with Gasteiger partial charge in [-0.05, 0) is 23.9 Å². The number of nitrogens with one attached hydrogen (secondary N) is 1. The van der Waals surface area contributed by atoms with Crippen LogP contribution in [-0.2, 0) is 0 Å². The second-order valence-electron chi connectivity index (χ2n) is 2.79.